The molecule has 0 fully saturated rings. The van der Waals surface area contributed by atoms with Gasteiger partial charge in [-0.3, -0.25) is 0 Å². The molecule has 3 nitrogen and oxygen atoms in total. The molecule has 4 rings (SSSR count). The fourth-order valence-electron chi connectivity index (χ4n) is 2.81. The van der Waals surface area contributed by atoms with E-state index in [1.54, 1.807) is 17.4 Å². The van der Waals surface area contributed by atoms with Crippen molar-refractivity contribution in [3.8, 4) is 11.1 Å². The van der Waals surface area contributed by atoms with Gasteiger partial charge < -0.3 is 5.32 Å². The largest absolute Gasteiger partial charge is 0.340 e. The summed E-state index contributed by atoms with van der Waals surface area (Å²) in [7, 11) is 0. The lowest BCUT2D eigenvalue weighted by Gasteiger charge is -2.09. The molecule has 2 heterocycles. The van der Waals surface area contributed by atoms with Crippen molar-refractivity contribution in [3.05, 3.63) is 69.5 Å². The zero-order valence-corrected chi connectivity index (χ0v) is 15.9. The Morgan fingerprint density at radius 2 is 1.81 bits per heavy atom. The number of anilines is 2. The van der Waals surface area contributed by atoms with Crippen LogP contribution in [0.5, 0.6) is 0 Å². The number of hydrogen-bond acceptors (Lipinski definition) is 4. The first-order chi connectivity index (χ1) is 12.5. The van der Waals surface area contributed by atoms with Crippen LogP contribution in [0.25, 0.3) is 21.3 Å². The number of rotatable bonds is 3. The second kappa shape index (κ2) is 6.83. The van der Waals surface area contributed by atoms with Crippen LogP contribution in [0.1, 0.15) is 4.88 Å². The van der Waals surface area contributed by atoms with Crippen molar-refractivity contribution in [2.24, 2.45) is 0 Å². The molecule has 26 heavy (non-hydrogen) atoms. The Bertz CT molecular complexity index is 1110. The second-order valence-electron chi connectivity index (χ2n) is 5.70. The number of hydrogen-bond donors (Lipinski definition) is 1. The molecular formula is C19H12Cl2FN3S. The molecule has 4 aromatic rings. The standard InChI is InChI=1S/C19H12Cl2FN3S/c1-10-16(11-2-4-12(20)5-3-11)17-18(23-9-24-19(17)26-10)25-13-6-7-15(22)14(21)8-13/h2-9H,1H3,(H,23,24,25). The smallest absolute Gasteiger partial charge is 0.143 e. The molecular weight excluding hydrogens is 392 g/mol. The average molecular weight is 404 g/mol. The highest BCUT2D eigenvalue weighted by atomic mass is 35.5. The first kappa shape index (κ1) is 17.2. The van der Waals surface area contributed by atoms with E-state index in [9.17, 15) is 4.39 Å². The SMILES string of the molecule is Cc1sc2ncnc(Nc3ccc(F)c(Cl)c3)c2c1-c1ccc(Cl)cc1. The quantitative estimate of drug-likeness (QED) is 0.406. The molecule has 0 aliphatic carbocycles. The Morgan fingerprint density at radius 1 is 1.04 bits per heavy atom. The maximum Gasteiger partial charge on any atom is 0.143 e. The molecule has 0 saturated heterocycles. The molecule has 0 radical (unpaired) electrons. The van der Waals surface area contributed by atoms with Gasteiger partial charge in [-0.15, -0.1) is 11.3 Å². The number of aromatic nitrogens is 2. The fourth-order valence-corrected chi connectivity index (χ4v) is 4.13. The first-order valence-corrected chi connectivity index (χ1v) is 9.32. The fraction of sp³-hybridized carbons (Fsp3) is 0.0526. The highest BCUT2D eigenvalue weighted by molar-refractivity contribution is 7.19. The Hall–Kier alpha value is -2.21. The molecule has 0 bridgehead atoms. The molecule has 0 aliphatic rings. The van der Waals surface area contributed by atoms with Crippen molar-refractivity contribution in [1.82, 2.24) is 9.97 Å². The van der Waals surface area contributed by atoms with Gasteiger partial charge in [-0.2, -0.15) is 0 Å². The third-order valence-corrected chi connectivity index (χ3v) is 5.53. The van der Waals surface area contributed by atoms with E-state index in [0.29, 0.717) is 16.5 Å². The normalized spacial score (nSPS) is 11.1. The summed E-state index contributed by atoms with van der Waals surface area (Å²) in [5.41, 5.74) is 2.74. The molecule has 0 unspecified atom stereocenters. The lowest BCUT2D eigenvalue weighted by Crippen LogP contribution is -1.96. The summed E-state index contributed by atoms with van der Waals surface area (Å²) in [5.74, 6) is 0.185. The summed E-state index contributed by atoms with van der Waals surface area (Å²) in [6, 6.07) is 12.1. The Morgan fingerprint density at radius 3 is 2.54 bits per heavy atom. The third kappa shape index (κ3) is 3.14. The Kier molecular flexibility index (Phi) is 4.53. The van der Waals surface area contributed by atoms with Crippen LogP contribution in [0.2, 0.25) is 10.0 Å². The van der Waals surface area contributed by atoms with E-state index >= 15 is 0 Å². The van der Waals surface area contributed by atoms with Gasteiger partial charge in [0.1, 0.15) is 22.8 Å². The van der Waals surface area contributed by atoms with Crippen molar-refractivity contribution in [2.45, 2.75) is 6.92 Å². The molecule has 0 atom stereocenters. The first-order valence-electron chi connectivity index (χ1n) is 7.75. The number of halogens is 3. The maximum absolute atomic E-state index is 13.4. The summed E-state index contributed by atoms with van der Waals surface area (Å²) < 4.78 is 13.4. The van der Waals surface area contributed by atoms with Crippen LogP contribution in [0.15, 0.2) is 48.8 Å². The highest BCUT2D eigenvalue weighted by Gasteiger charge is 2.17. The molecule has 0 aliphatic heterocycles. The van der Waals surface area contributed by atoms with Gasteiger partial charge in [0.15, 0.2) is 0 Å². The van der Waals surface area contributed by atoms with E-state index in [1.807, 2.05) is 24.3 Å². The van der Waals surface area contributed by atoms with Gasteiger partial charge in [-0.1, -0.05) is 35.3 Å². The van der Waals surface area contributed by atoms with E-state index in [1.165, 1.54) is 18.5 Å². The van der Waals surface area contributed by atoms with Crippen molar-refractivity contribution in [2.75, 3.05) is 5.32 Å². The molecule has 0 spiro atoms. The summed E-state index contributed by atoms with van der Waals surface area (Å²) >= 11 is 13.5. The van der Waals surface area contributed by atoms with Crippen molar-refractivity contribution in [1.29, 1.82) is 0 Å². The van der Waals surface area contributed by atoms with Crippen LogP contribution in [-0.2, 0) is 0 Å². The van der Waals surface area contributed by atoms with Gasteiger partial charge in [-0.25, -0.2) is 14.4 Å². The van der Waals surface area contributed by atoms with Crippen LogP contribution >= 0.6 is 34.5 Å². The molecule has 7 heteroatoms. The van der Waals surface area contributed by atoms with Gasteiger partial charge in [0, 0.05) is 21.2 Å². The van der Waals surface area contributed by atoms with E-state index in [4.69, 9.17) is 23.2 Å². The lowest BCUT2D eigenvalue weighted by molar-refractivity contribution is 0.628. The number of aryl methyl sites for hydroxylation is 1. The van der Waals surface area contributed by atoms with E-state index in [2.05, 4.69) is 22.2 Å². The van der Waals surface area contributed by atoms with Crippen LogP contribution in [0.4, 0.5) is 15.9 Å². The van der Waals surface area contributed by atoms with Crippen molar-refractivity contribution < 1.29 is 4.39 Å². The number of benzene rings is 2. The van der Waals surface area contributed by atoms with Gasteiger partial charge in [0.05, 0.1) is 10.4 Å². The summed E-state index contributed by atoms with van der Waals surface area (Å²) in [4.78, 5) is 10.8. The van der Waals surface area contributed by atoms with E-state index in [0.717, 1.165) is 26.2 Å². The monoisotopic (exact) mass is 403 g/mol. The molecule has 130 valence electrons. The van der Waals surface area contributed by atoms with Crippen LogP contribution in [0.3, 0.4) is 0 Å². The molecule has 0 saturated carbocycles. The minimum atomic E-state index is -0.460. The van der Waals surface area contributed by atoms with Gasteiger partial charge >= 0.3 is 0 Å². The number of nitrogens with zero attached hydrogens (tertiary/aromatic N) is 2. The second-order valence-corrected chi connectivity index (χ2v) is 7.74. The van der Waals surface area contributed by atoms with Crippen LogP contribution < -0.4 is 5.32 Å². The minimum absolute atomic E-state index is 0.0553. The van der Waals surface area contributed by atoms with Crippen molar-refractivity contribution in [3.63, 3.8) is 0 Å². The highest BCUT2D eigenvalue weighted by Crippen LogP contribution is 2.41. The van der Waals surface area contributed by atoms with Crippen LogP contribution in [0, 0.1) is 12.7 Å². The molecule has 1 N–H and O–H groups in total. The molecule has 0 amide bonds. The predicted octanol–water partition coefficient (Wildman–Crippen LogP) is 6.86. The Balaban J connectivity index is 1.87. The maximum atomic E-state index is 13.4. The Labute approximate surface area is 163 Å². The topological polar surface area (TPSA) is 37.8 Å². The zero-order chi connectivity index (χ0) is 18.3. The van der Waals surface area contributed by atoms with E-state index < -0.39 is 5.82 Å². The average Bonchev–Trinajstić information content (AvgIpc) is 2.96. The number of thiophene rings is 1. The van der Waals surface area contributed by atoms with Gasteiger partial charge in [0.25, 0.3) is 0 Å². The minimum Gasteiger partial charge on any atom is -0.340 e. The number of nitrogens with one attached hydrogen (secondary N) is 1. The van der Waals surface area contributed by atoms with E-state index in [-0.39, 0.29) is 5.02 Å². The van der Waals surface area contributed by atoms with Crippen LogP contribution in [-0.4, -0.2) is 9.97 Å². The lowest BCUT2D eigenvalue weighted by atomic mass is 10.0. The zero-order valence-electron chi connectivity index (χ0n) is 13.6. The summed E-state index contributed by atoms with van der Waals surface area (Å²) in [5, 5.41) is 4.88. The third-order valence-electron chi connectivity index (χ3n) is 3.98. The van der Waals surface area contributed by atoms with Gasteiger partial charge in [-0.05, 0) is 42.8 Å². The van der Waals surface area contributed by atoms with Crippen molar-refractivity contribution >= 4 is 56.3 Å². The number of fused-ring (bicyclic) bond motifs is 1. The molecule has 2 aromatic heterocycles. The predicted molar refractivity (Wildman–Crippen MR) is 107 cm³/mol. The molecule has 2 aromatic carbocycles. The summed E-state index contributed by atoms with van der Waals surface area (Å²) in [6.07, 6.45) is 1.51. The van der Waals surface area contributed by atoms with Gasteiger partial charge in [0.2, 0.25) is 0 Å². The summed E-state index contributed by atoms with van der Waals surface area (Å²) in [6.45, 7) is 2.05.